The summed E-state index contributed by atoms with van der Waals surface area (Å²) >= 11 is 0. The second kappa shape index (κ2) is 4.17. The highest BCUT2D eigenvalue weighted by atomic mass is 19.4. The largest absolute Gasteiger partial charge is 0.465 e. The topological polar surface area (TPSA) is 9.23 Å². The van der Waals surface area contributed by atoms with Crippen LogP contribution in [-0.2, 0) is 6.18 Å². The van der Waals surface area contributed by atoms with Crippen LogP contribution in [0.3, 0.4) is 0 Å². The van der Waals surface area contributed by atoms with Crippen molar-refractivity contribution in [3.05, 3.63) is 42.2 Å². The normalized spacial score (nSPS) is 12.0. The Balaban J connectivity index is 2.79. The summed E-state index contributed by atoms with van der Waals surface area (Å²) in [4.78, 5) is 0. The van der Waals surface area contributed by atoms with Crippen molar-refractivity contribution in [2.75, 3.05) is 0 Å². The molecular formula is C10H9F3O. The van der Waals surface area contributed by atoms with Crippen molar-refractivity contribution in [2.24, 2.45) is 0 Å². The van der Waals surface area contributed by atoms with Gasteiger partial charge in [-0.1, -0.05) is 6.08 Å². The van der Waals surface area contributed by atoms with E-state index in [1.54, 1.807) is 13.0 Å². The number of hydrogen-bond donors (Lipinski definition) is 0. The van der Waals surface area contributed by atoms with E-state index in [0.29, 0.717) is 5.75 Å². The highest BCUT2D eigenvalue weighted by Crippen LogP contribution is 2.30. The monoisotopic (exact) mass is 202 g/mol. The molecule has 76 valence electrons. The van der Waals surface area contributed by atoms with Gasteiger partial charge < -0.3 is 4.74 Å². The van der Waals surface area contributed by atoms with Gasteiger partial charge >= 0.3 is 6.18 Å². The second-order valence-electron chi connectivity index (χ2n) is 2.61. The molecule has 0 spiro atoms. The fourth-order valence-corrected chi connectivity index (χ4v) is 0.869. The summed E-state index contributed by atoms with van der Waals surface area (Å²) in [6.45, 7) is 1.75. The van der Waals surface area contributed by atoms with E-state index < -0.39 is 11.7 Å². The van der Waals surface area contributed by atoms with Crippen molar-refractivity contribution >= 4 is 0 Å². The molecule has 0 saturated carbocycles. The van der Waals surface area contributed by atoms with Gasteiger partial charge in [0, 0.05) is 0 Å². The number of rotatable bonds is 2. The fourth-order valence-electron chi connectivity index (χ4n) is 0.869. The summed E-state index contributed by atoms with van der Waals surface area (Å²) in [5.74, 6) is 0.385. The van der Waals surface area contributed by atoms with Crippen LogP contribution < -0.4 is 4.74 Å². The molecule has 1 aromatic carbocycles. The second-order valence-corrected chi connectivity index (χ2v) is 2.61. The Hall–Kier alpha value is -1.45. The third-order valence-corrected chi connectivity index (χ3v) is 1.52. The molecule has 1 rings (SSSR count). The predicted octanol–water partition coefficient (Wildman–Crippen LogP) is 3.62. The molecule has 0 aliphatic rings. The average Bonchev–Trinajstić information content (AvgIpc) is 2.14. The van der Waals surface area contributed by atoms with Crippen LogP contribution in [-0.4, -0.2) is 0 Å². The van der Waals surface area contributed by atoms with Crippen LogP contribution >= 0.6 is 0 Å². The van der Waals surface area contributed by atoms with Gasteiger partial charge in [0.1, 0.15) is 5.75 Å². The molecule has 0 unspecified atom stereocenters. The van der Waals surface area contributed by atoms with Gasteiger partial charge in [-0.2, -0.15) is 13.2 Å². The van der Waals surface area contributed by atoms with Crippen LogP contribution in [0.1, 0.15) is 12.5 Å². The number of hydrogen-bond acceptors (Lipinski definition) is 1. The molecule has 0 saturated heterocycles. The average molecular weight is 202 g/mol. The number of alkyl halides is 3. The van der Waals surface area contributed by atoms with Gasteiger partial charge in [0.25, 0.3) is 0 Å². The van der Waals surface area contributed by atoms with Crippen LogP contribution in [0.25, 0.3) is 0 Å². The Kier molecular flexibility index (Phi) is 3.17. The van der Waals surface area contributed by atoms with Crippen molar-refractivity contribution in [3.63, 3.8) is 0 Å². The van der Waals surface area contributed by atoms with Crippen molar-refractivity contribution in [2.45, 2.75) is 13.1 Å². The number of halogens is 3. The molecule has 0 fully saturated rings. The maximum atomic E-state index is 12.1. The lowest BCUT2D eigenvalue weighted by molar-refractivity contribution is -0.137. The SMILES string of the molecule is CC=COc1ccc(C(F)(F)F)cc1. The number of benzene rings is 1. The standard InChI is InChI=1S/C10H9F3O/c1-2-7-14-9-5-3-8(4-6-9)10(11,12)13/h2-7H,1H3. The van der Waals surface area contributed by atoms with Crippen LogP contribution in [0, 0.1) is 0 Å². The molecule has 0 heterocycles. The highest BCUT2D eigenvalue weighted by Gasteiger charge is 2.29. The first-order valence-corrected chi connectivity index (χ1v) is 3.99. The van der Waals surface area contributed by atoms with Gasteiger partial charge in [0.05, 0.1) is 11.8 Å². The molecule has 0 atom stereocenters. The van der Waals surface area contributed by atoms with E-state index in [4.69, 9.17) is 4.74 Å². The summed E-state index contributed by atoms with van der Waals surface area (Å²) in [5.41, 5.74) is -0.676. The Morgan fingerprint density at radius 1 is 1.14 bits per heavy atom. The molecule has 0 bridgehead atoms. The Morgan fingerprint density at radius 3 is 2.14 bits per heavy atom. The molecule has 1 nitrogen and oxygen atoms in total. The van der Waals surface area contributed by atoms with Crippen molar-refractivity contribution in [1.82, 2.24) is 0 Å². The third-order valence-electron chi connectivity index (χ3n) is 1.52. The molecule has 0 N–H and O–H groups in total. The van der Waals surface area contributed by atoms with E-state index in [1.807, 2.05) is 0 Å². The third kappa shape index (κ3) is 2.80. The quantitative estimate of drug-likeness (QED) is 0.665. The minimum atomic E-state index is -4.29. The number of allylic oxidation sites excluding steroid dienone is 1. The molecule has 0 aliphatic carbocycles. The lowest BCUT2D eigenvalue weighted by Gasteiger charge is -2.06. The van der Waals surface area contributed by atoms with Crippen LogP contribution in [0.5, 0.6) is 5.75 Å². The minimum Gasteiger partial charge on any atom is -0.465 e. The van der Waals surface area contributed by atoms with E-state index in [9.17, 15) is 13.2 Å². The van der Waals surface area contributed by atoms with E-state index in [-0.39, 0.29) is 0 Å². The molecule has 0 aromatic heterocycles. The van der Waals surface area contributed by atoms with Crippen LogP contribution in [0.15, 0.2) is 36.6 Å². The molecule has 0 aliphatic heterocycles. The summed E-state index contributed by atoms with van der Waals surface area (Å²) < 4.78 is 41.3. The summed E-state index contributed by atoms with van der Waals surface area (Å²) in [6.07, 6.45) is -1.24. The highest BCUT2D eigenvalue weighted by molar-refractivity contribution is 5.29. The maximum absolute atomic E-state index is 12.1. The first kappa shape index (κ1) is 10.6. The van der Waals surface area contributed by atoms with Gasteiger partial charge in [0.2, 0.25) is 0 Å². The molecule has 1 aromatic rings. The van der Waals surface area contributed by atoms with Gasteiger partial charge in [-0.25, -0.2) is 0 Å². The van der Waals surface area contributed by atoms with Crippen molar-refractivity contribution in [3.8, 4) is 5.75 Å². The number of ether oxygens (including phenoxy) is 1. The zero-order chi connectivity index (χ0) is 10.6. The maximum Gasteiger partial charge on any atom is 0.416 e. The smallest absolute Gasteiger partial charge is 0.416 e. The van der Waals surface area contributed by atoms with Gasteiger partial charge in [0.15, 0.2) is 0 Å². The Labute approximate surface area is 79.8 Å². The minimum absolute atomic E-state index is 0.385. The van der Waals surface area contributed by atoms with E-state index in [1.165, 1.54) is 18.4 Å². The Morgan fingerprint density at radius 2 is 1.71 bits per heavy atom. The lowest BCUT2D eigenvalue weighted by atomic mass is 10.2. The van der Waals surface area contributed by atoms with Gasteiger partial charge in [-0.05, 0) is 31.2 Å². The van der Waals surface area contributed by atoms with Gasteiger partial charge in [-0.15, -0.1) is 0 Å². The molecular weight excluding hydrogens is 193 g/mol. The van der Waals surface area contributed by atoms with E-state index in [2.05, 4.69) is 0 Å². The zero-order valence-corrected chi connectivity index (χ0v) is 7.51. The summed E-state index contributed by atoms with van der Waals surface area (Å²) in [5, 5.41) is 0. The fraction of sp³-hybridized carbons (Fsp3) is 0.200. The van der Waals surface area contributed by atoms with E-state index >= 15 is 0 Å². The molecule has 0 radical (unpaired) electrons. The van der Waals surface area contributed by atoms with E-state index in [0.717, 1.165) is 12.1 Å². The first-order valence-electron chi connectivity index (χ1n) is 3.99. The predicted molar refractivity (Wildman–Crippen MR) is 46.9 cm³/mol. The van der Waals surface area contributed by atoms with Gasteiger partial charge in [-0.3, -0.25) is 0 Å². The molecule has 4 heteroatoms. The molecule has 0 amide bonds. The first-order chi connectivity index (χ1) is 6.54. The summed E-state index contributed by atoms with van der Waals surface area (Å²) in [7, 11) is 0. The van der Waals surface area contributed by atoms with Crippen LogP contribution in [0.4, 0.5) is 13.2 Å². The zero-order valence-electron chi connectivity index (χ0n) is 7.51. The van der Waals surface area contributed by atoms with Crippen LogP contribution in [0.2, 0.25) is 0 Å². The lowest BCUT2D eigenvalue weighted by Crippen LogP contribution is -2.03. The van der Waals surface area contributed by atoms with Crippen molar-refractivity contribution < 1.29 is 17.9 Å². The molecule has 14 heavy (non-hydrogen) atoms. The Bertz CT molecular complexity index is 311. The van der Waals surface area contributed by atoms with Crippen molar-refractivity contribution in [1.29, 1.82) is 0 Å². The summed E-state index contributed by atoms with van der Waals surface area (Å²) in [6, 6.07) is 4.53.